The first-order valence-electron chi connectivity index (χ1n) is 6.38. The second kappa shape index (κ2) is 5.17. The van der Waals surface area contributed by atoms with E-state index in [1.807, 2.05) is 6.07 Å². The summed E-state index contributed by atoms with van der Waals surface area (Å²) in [5.74, 6) is -0.181. The Morgan fingerprint density at radius 1 is 1.42 bits per heavy atom. The minimum atomic E-state index is -0.536. The summed E-state index contributed by atoms with van der Waals surface area (Å²) in [5, 5.41) is 0. The molecule has 0 aromatic heterocycles. The van der Waals surface area contributed by atoms with Crippen molar-refractivity contribution < 1.29 is 13.9 Å². The van der Waals surface area contributed by atoms with Gasteiger partial charge in [-0.05, 0) is 50.8 Å². The molecule has 0 spiro atoms. The van der Waals surface area contributed by atoms with Crippen LogP contribution in [0.25, 0.3) is 0 Å². The number of carbonyl (C=O) groups excluding carboxylic acids is 1. The SMILES string of the molecule is CC(C)(C)OC(=O)NNC1CCc2c(F)cccc21. The van der Waals surface area contributed by atoms with Crippen molar-refractivity contribution in [3.05, 3.63) is 35.1 Å². The molecule has 0 heterocycles. The maximum atomic E-state index is 13.5. The topological polar surface area (TPSA) is 50.4 Å². The minimum absolute atomic E-state index is 0.0711. The lowest BCUT2D eigenvalue weighted by molar-refractivity contribution is 0.0487. The Bertz CT molecular complexity index is 483. The Kier molecular flexibility index (Phi) is 3.75. The molecule has 1 aliphatic carbocycles. The normalized spacial score (nSPS) is 18.0. The van der Waals surface area contributed by atoms with Crippen LogP contribution in [0.4, 0.5) is 9.18 Å². The second-order valence-corrected chi connectivity index (χ2v) is 5.67. The fourth-order valence-corrected chi connectivity index (χ4v) is 2.21. The molecular weight excluding hydrogens is 247 g/mol. The van der Waals surface area contributed by atoms with Gasteiger partial charge in [0.05, 0.1) is 6.04 Å². The predicted molar refractivity (Wildman–Crippen MR) is 70.0 cm³/mol. The van der Waals surface area contributed by atoms with Gasteiger partial charge in [0.25, 0.3) is 0 Å². The van der Waals surface area contributed by atoms with Crippen molar-refractivity contribution in [3.63, 3.8) is 0 Å². The molecule has 1 aromatic rings. The van der Waals surface area contributed by atoms with E-state index in [1.165, 1.54) is 6.07 Å². The largest absolute Gasteiger partial charge is 0.443 e. The average Bonchev–Trinajstić information content (AvgIpc) is 2.69. The summed E-state index contributed by atoms with van der Waals surface area (Å²) in [6.45, 7) is 5.40. The Balaban J connectivity index is 1.93. The molecule has 2 N–H and O–H groups in total. The number of ether oxygens (including phenoxy) is 1. The summed E-state index contributed by atoms with van der Waals surface area (Å²) in [7, 11) is 0. The van der Waals surface area contributed by atoms with Gasteiger partial charge in [0.1, 0.15) is 11.4 Å². The molecule has 0 saturated heterocycles. The molecule has 0 bridgehead atoms. The first-order valence-corrected chi connectivity index (χ1v) is 6.38. The first-order chi connectivity index (χ1) is 8.87. The van der Waals surface area contributed by atoms with Gasteiger partial charge in [0, 0.05) is 0 Å². The molecule has 1 atom stereocenters. The number of amides is 1. The van der Waals surface area contributed by atoms with Crippen LogP contribution in [0.2, 0.25) is 0 Å². The van der Waals surface area contributed by atoms with Crippen LogP contribution in [-0.4, -0.2) is 11.7 Å². The van der Waals surface area contributed by atoms with Gasteiger partial charge >= 0.3 is 6.09 Å². The lowest BCUT2D eigenvalue weighted by atomic mass is 10.1. The van der Waals surface area contributed by atoms with Crippen LogP contribution in [0.3, 0.4) is 0 Å². The van der Waals surface area contributed by atoms with Crippen molar-refractivity contribution in [3.8, 4) is 0 Å². The molecule has 4 nitrogen and oxygen atoms in total. The van der Waals surface area contributed by atoms with E-state index in [1.54, 1.807) is 26.8 Å². The molecule has 1 aromatic carbocycles. The van der Waals surface area contributed by atoms with Gasteiger partial charge in [-0.25, -0.2) is 14.6 Å². The van der Waals surface area contributed by atoms with Gasteiger partial charge < -0.3 is 4.74 Å². The maximum absolute atomic E-state index is 13.5. The maximum Gasteiger partial charge on any atom is 0.422 e. The molecule has 19 heavy (non-hydrogen) atoms. The molecule has 0 aliphatic heterocycles. The van der Waals surface area contributed by atoms with Gasteiger partial charge in [-0.1, -0.05) is 12.1 Å². The van der Waals surface area contributed by atoms with Crippen LogP contribution in [0.15, 0.2) is 18.2 Å². The number of nitrogens with one attached hydrogen (secondary N) is 2. The van der Waals surface area contributed by atoms with E-state index in [4.69, 9.17) is 4.74 Å². The summed E-state index contributed by atoms with van der Waals surface area (Å²) >= 11 is 0. The molecule has 1 unspecified atom stereocenters. The van der Waals surface area contributed by atoms with Gasteiger partial charge in [0.2, 0.25) is 0 Å². The summed E-state index contributed by atoms with van der Waals surface area (Å²) in [5.41, 5.74) is 6.49. The van der Waals surface area contributed by atoms with Crippen molar-refractivity contribution in [2.75, 3.05) is 0 Å². The third-order valence-corrected chi connectivity index (χ3v) is 2.96. The Morgan fingerprint density at radius 2 is 2.16 bits per heavy atom. The molecule has 0 saturated carbocycles. The summed E-state index contributed by atoms with van der Waals surface area (Å²) in [6.07, 6.45) is 0.902. The van der Waals surface area contributed by atoms with E-state index in [0.29, 0.717) is 6.42 Å². The van der Waals surface area contributed by atoms with Crippen LogP contribution in [0.1, 0.15) is 44.4 Å². The number of fused-ring (bicyclic) bond motifs is 1. The number of hydrazine groups is 1. The van der Waals surface area contributed by atoms with Gasteiger partial charge in [0.15, 0.2) is 0 Å². The van der Waals surface area contributed by atoms with Crippen molar-refractivity contribution in [1.29, 1.82) is 0 Å². The molecule has 104 valence electrons. The zero-order chi connectivity index (χ0) is 14.0. The lowest BCUT2D eigenvalue weighted by Gasteiger charge is -2.21. The molecular formula is C14H19FN2O2. The average molecular weight is 266 g/mol. The number of benzene rings is 1. The zero-order valence-electron chi connectivity index (χ0n) is 11.4. The fraction of sp³-hybridized carbons (Fsp3) is 0.500. The van der Waals surface area contributed by atoms with E-state index < -0.39 is 11.7 Å². The molecule has 0 radical (unpaired) electrons. The van der Waals surface area contributed by atoms with Crippen molar-refractivity contribution in [1.82, 2.24) is 10.9 Å². The third kappa shape index (κ3) is 3.44. The van der Waals surface area contributed by atoms with Gasteiger partial charge in [-0.3, -0.25) is 5.43 Å². The highest BCUT2D eigenvalue weighted by Crippen LogP contribution is 2.32. The zero-order valence-corrected chi connectivity index (χ0v) is 11.4. The second-order valence-electron chi connectivity index (χ2n) is 5.67. The molecule has 2 rings (SSSR count). The van der Waals surface area contributed by atoms with Crippen LogP contribution in [-0.2, 0) is 11.2 Å². The highest BCUT2D eigenvalue weighted by molar-refractivity contribution is 5.67. The Morgan fingerprint density at radius 3 is 2.84 bits per heavy atom. The lowest BCUT2D eigenvalue weighted by Crippen LogP contribution is -2.42. The summed E-state index contributed by atoms with van der Waals surface area (Å²) < 4.78 is 18.7. The summed E-state index contributed by atoms with van der Waals surface area (Å²) in [6, 6.07) is 4.95. The van der Waals surface area contributed by atoms with Crippen molar-refractivity contribution >= 4 is 6.09 Å². The number of hydrogen-bond acceptors (Lipinski definition) is 3. The quantitative estimate of drug-likeness (QED) is 0.809. The van der Waals surface area contributed by atoms with E-state index in [2.05, 4.69) is 10.9 Å². The van der Waals surface area contributed by atoms with Crippen molar-refractivity contribution in [2.45, 2.75) is 45.3 Å². The molecule has 1 amide bonds. The highest BCUT2D eigenvalue weighted by atomic mass is 19.1. The fourth-order valence-electron chi connectivity index (χ4n) is 2.21. The van der Waals surface area contributed by atoms with Crippen molar-refractivity contribution in [2.24, 2.45) is 0 Å². The Labute approximate surface area is 112 Å². The van der Waals surface area contributed by atoms with Crippen LogP contribution >= 0.6 is 0 Å². The van der Waals surface area contributed by atoms with Crippen LogP contribution < -0.4 is 10.9 Å². The monoisotopic (exact) mass is 266 g/mol. The van der Waals surface area contributed by atoms with E-state index >= 15 is 0 Å². The number of hydrogen-bond donors (Lipinski definition) is 2. The molecule has 0 fully saturated rings. The van der Waals surface area contributed by atoms with E-state index in [-0.39, 0.29) is 11.9 Å². The molecule has 1 aliphatic rings. The smallest absolute Gasteiger partial charge is 0.422 e. The number of carbonyl (C=O) groups is 1. The van der Waals surface area contributed by atoms with Crippen LogP contribution in [0, 0.1) is 5.82 Å². The van der Waals surface area contributed by atoms with E-state index in [9.17, 15) is 9.18 Å². The highest BCUT2D eigenvalue weighted by Gasteiger charge is 2.25. The first kappa shape index (κ1) is 13.8. The third-order valence-electron chi connectivity index (χ3n) is 2.96. The molecule has 5 heteroatoms. The Hall–Kier alpha value is -1.62. The van der Waals surface area contributed by atoms with Crippen LogP contribution in [0.5, 0.6) is 0 Å². The van der Waals surface area contributed by atoms with E-state index in [0.717, 1.165) is 17.5 Å². The standard InChI is InChI=1S/C14H19FN2O2/c1-14(2,3)19-13(18)17-16-12-8-7-9-10(12)5-4-6-11(9)15/h4-6,12,16H,7-8H2,1-3H3,(H,17,18). The predicted octanol–water partition coefficient (Wildman–Crippen LogP) is 2.84. The minimum Gasteiger partial charge on any atom is -0.443 e. The number of halogens is 1. The summed E-state index contributed by atoms with van der Waals surface area (Å²) in [4.78, 5) is 11.5. The van der Waals surface area contributed by atoms with Gasteiger partial charge in [-0.15, -0.1) is 0 Å². The van der Waals surface area contributed by atoms with Gasteiger partial charge in [-0.2, -0.15) is 0 Å². The number of rotatable bonds is 2.